The highest BCUT2D eigenvalue weighted by Crippen LogP contribution is 2.38. The van der Waals surface area contributed by atoms with Crippen LogP contribution in [-0.2, 0) is 0 Å². The number of fused-ring (bicyclic) bond motifs is 8. The van der Waals surface area contributed by atoms with E-state index in [4.69, 9.17) is 9.97 Å². The molecule has 0 saturated heterocycles. The molecule has 0 unspecified atom stereocenters. The molecule has 4 aromatic carbocycles. The number of rotatable bonds is 5. The number of nitro groups is 1. The van der Waals surface area contributed by atoms with Crippen LogP contribution in [0.15, 0.2) is 121 Å². The predicted octanol–water partition coefficient (Wildman–Crippen LogP) is 12.2. The Kier molecular flexibility index (Phi) is 7.97. The van der Waals surface area contributed by atoms with E-state index in [9.17, 15) is 10.1 Å². The molecule has 0 amide bonds. The van der Waals surface area contributed by atoms with E-state index < -0.39 is 0 Å². The Bertz CT molecular complexity index is 2800. The summed E-state index contributed by atoms with van der Waals surface area (Å²) in [5.74, 6) is 0. The van der Waals surface area contributed by atoms with Crippen molar-refractivity contribution in [3.63, 3.8) is 0 Å². The maximum Gasteiger partial charge on any atom is 0.269 e. The number of nitro benzene ring substituents is 1. The van der Waals surface area contributed by atoms with Crippen molar-refractivity contribution in [2.45, 2.75) is 20.8 Å². The van der Waals surface area contributed by atoms with Gasteiger partial charge < -0.3 is 9.97 Å². The summed E-state index contributed by atoms with van der Waals surface area (Å²) in [7, 11) is 0. The molecule has 2 N–H and O–H groups in total. The number of hydrogen-bond donors (Lipinski definition) is 2. The Morgan fingerprint density at radius 2 is 0.667 bits per heavy atom. The maximum absolute atomic E-state index is 11.6. The summed E-state index contributed by atoms with van der Waals surface area (Å²) in [6.07, 6.45) is 8.28. The van der Waals surface area contributed by atoms with E-state index in [1.165, 1.54) is 16.7 Å². The van der Waals surface area contributed by atoms with Gasteiger partial charge in [-0.3, -0.25) is 10.1 Å². The van der Waals surface area contributed by atoms with E-state index in [0.29, 0.717) is 0 Å². The summed E-state index contributed by atoms with van der Waals surface area (Å²) in [5, 5.41) is 11.6. The number of aromatic amines is 2. The molecular weight excluding hydrogens is 667 g/mol. The van der Waals surface area contributed by atoms with Crippen LogP contribution in [0.5, 0.6) is 0 Å². The molecule has 0 radical (unpaired) electrons. The van der Waals surface area contributed by atoms with Crippen molar-refractivity contribution in [2.75, 3.05) is 0 Å². The van der Waals surface area contributed by atoms with Crippen LogP contribution in [0, 0.1) is 30.9 Å². The van der Waals surface area contributed by atoms with Crippen LogP contribution < -0.4 is 0 Å². The van der Waals surface area contributed by atoms with Crippen molar-refractivity contribution in [1.82, 2.24) is 19.9 Å². The fraction of sp³-hybridized carbons (Fsp3) is 0.0638. The van der Waals surface area contributed by atoms with Gasteiger partial charge in [0.05, 0.1) is 27.7 Å². The summed E-state index contributed by atoms with van der Waals surface area (Å²) in [6, 6.07) is 40.6. The lowest BCUT2D eigenvalue weighted by molar-refractivity contribution is -0.384. The molecule has 0 spiro atoms. The van der Waals surface area contributed by atoms with Gasteiger partial charge >= 0.3 is 0 Å². The molecular formula is C47H35N5O2. The standard InChI is InChI=1S/C47H35N5O2/c1-28-4-10-31(11-5-28)44-36-20-22-38(48-36)45(32-12-6-29(2)7-13-32)40-24-26-42(50-40)47(34-16-18-35(19-17-34)52(53)54)43-27-25-41(51-43)46(39-23-21-37(44)49-39)33-14-8-30(3)9-15-33/h4-27,48,51H,1-3H3. The Balaban J connectivity index is 1.45. The monoisotopic (exact) mass is 701 g/mol. The second-order valence-corrected chi connectivity index (χ2v) is 13.9. The first kappa shape index (κ1) is 32.8. The first-order valence-corrected chi connectivity index (χ1v) is 17.9. The first-order chi connectivity index (χ1) is 26.3. The minimum Gasteiger partial charge on any atom is -0.354 e. The van der Waals surface area contributed by atoms with Gasteiger partial charge in [0.2, 0.25) is 0 Å². The van der Waals surface area contributed by atoms with E-state index in [0.717, 1.165) is 89.4 Å². The van der Waals surface area contributed by atoms with Crippen LogP contribution in [0.4, 0.5) is 5.69 Å². The number of aryl methyl sites for hydroxylation is 3. The van der Waals surface area contributed by atoms with Gasteiger partial charge in [0.15, 0.2) is 0 Å². The summed E-state index contributed by atoms with van der Waals surface area (Å²) >= 11 is 0. The number of non-ortho nitro benzene ring substituents is 1. The minimum atomic E-state index is -0.377. The van der Waals surface area contributed by atoms with Gasteiger partial charge in [0, 0.05) is 56.5 Å². The molecule has 7 aromatic rings. The zero-order valence-corrected chi connectivity index (χ0v) is 30.0. The van der Waals surface area contributed by atoms with Gasteiger partial charge in [-0.1, -0.05) is 89.5 Å². The third-order valence-electron chi connectivity index (χ3n) is 10.1. The van der Waals surface area contributed by atoms with Crippen LogP contribution in [0.3, 0.4) is 0 Å². The highest BCUT2D eigenvalue weighted by Gasteiger charge is 2.19. The lowest BCUT2D eigenvalue weighted by Gasteiger charge is -2.07. The van der Waals surface area contributed by atoms with Gasteiger partial charge in [0.25, 0.3) is 5.69 Å². The number of H-pyrrole nitrogens is 2. The number of aromatic nitrogens is 4. The fourth-order valence-electron chi connectivity index (χ4n) is 7.33. The third kappa shape index (κ3) is 5.91. The lowest BCUT2D eigenvalue weighted by Crippen LogP contribution is -1.91. The second-order valence-electron chi connectivity index (χ2n) is 13.9. The average Bonchev–Trinajstić information content (AvgIpc) is 4.02. The van der Waals surface area contributed by atoms with Gasteiger partial charge in [-0.25, -0.2) is 9.97 Å². The Morgan fingerprint density at radius 1 is 0.407 bits per heavy atom. The molecule has 2 aliphatic heterocycles. The van der Waals surface area contributed by atoms with Crippen molar-refractivity contribution >= 4 is 52.1 Å². The fourth-order valence-corrected chi connectivity index (χ4v) is 7.33. The van der Waals surface area contributed by atoms with Crippen molar-refractivity contribution in [3.8, 4) is 44.5 Å². The molecule has 0 aliphatic carbocycles. The largest absolute Gasteiger partial charge is 0.354 e. The Labute approximate surface area is 312 Å². The molecule has 0 fully saturated rings. The van der Waals surface area contributed by atoms with Crippen molar-refractivity contribution in [3.05, 3.63) is 171 Å². The van der Waals surface area contributed by atoms with Crippen molar-refractivity contribution < 1.29 is 4.92 Å². The van der Waals surface area contributed by atoms with E-state index >= 15 is 0 Å². The molecule has 2 aliphatic rings. The number of nitrogens with one attached hydrogen (secondary N) is 2. The number of benzene rings is 4. The maximum atomic E-state index is 11.6. The van der Waals surface area contributed by atoms with E-state index in [-0.39, 0.29) is 10.6 Å². The highest BCUT2D eigenvalue weighted by atomic mass is 16.6. The minimum absolute atomic E-state index is 0.0308. The van der Waals surface area contributed by atoms with Crippen LogP contribution in [0.2, 0.25) is 0 Å². The molecule has 7 nitrogen and oxygen atoms in total. The zero-order valence-electron chi connectivity index (χ0n) is 30.0. The molecule has 8 bridgehead atoms. The van der Waals surface area contributed by atoms with Gasteiger partial charge in [-0.05, 0) is 104 Å². The smallest absolute Gasteiger partial charge is 0.269 e. The zero-order chi connectivity index (χ0) is 36.9. The van der Waals surface area contributed by atoms with Gasteiger partial charge in [-0.15, -0.1) is 0 Å². The average molecular weight is 702 g/mol. The summed E-state index contributed by atoms with van der Waals surface area (Å²) in [5.41, 5.74) is 18.1. The van der Waals surface area contributed by atoms with Gasteiger partial charge in [-0.2, -0.15) is 0 Å². The van der Waals surface area contributed by atoms with Crippen molar-refractivity contribution in [1.29, 1.82) is 0 Å². The summed E-state index contributed by atoms with van der Waals surface area (Å²) in [4.78, 5) is 29.4. The molecule has 54 heavy (non-hydrogen) atoms. The lowest BCUT2D eigenvalue weighted by atomic mass is 10.0. The highest BCUT2D eigenvalue weighted by molar-refractivity contribution is 5.99. The second kappa shape index (κ2) is 13.1. The van der Waals surface area contributed by atoms with Gasteiger partial charge in [0.1, 0.15) is 0 Å². The molecule has 9 rings (SSSR count). The summed E-state index contributed by atoms with van der Waals surface area (Å²) < 4.78 is 0. The molecule has 0 atom stereocenters. The molecule has 0 saturated carbocycles. The van der Waals surface area contributed by atoms with Crippen LogP contribution in [0.1, 0.15) is 39.5 Å². The van der Waals surface area contributed by atoms with E-state index in [1.54, 1.807) is 24.3 Å². The van der Waals surface area contributed by atoms with Crippen LogP contribution in [-0.4, -0.2) is 24.9 Å². The SMILES string of the molecule is Cc1ccc(-c2c3nc(c(-c4ccc(C)cc4)c4ccc([nH]4)c(-c4ccc([N+](=O)[O-])cc4)c4nc(c(-c5ccc(C)cc5)c5ccc2[nH]5)C=C4)C=C3)cc1. The summed E-state index contributed by atoms with van der Waals surface area (Å²) in [6.45, 7) is 6.27. The molecule has 260 valence electrons. The first-order valence-electron chi connectivity index (χ1n) is 17.9. The van der Waals surface area contributed by atoms with E-state index in [2.05, 4.69) is 146 Å². The molecule has 5 heterocycles. The third-order valence-corrected chi connectivity index (χ3v) is 10.1. The van der Waals surface area contributed by atoms with Crippen LogP contribution in [0.25, 0.3) is 90.9 Å². The number of nitrogens with zero attached hydrogens (tertiary/aromatic N) is 3. The normalized spacial score (nSPS) is 12.0. The van der Waals surface area contributed by atoms with E-state index in [1.807, 2.05) is 6.08 Å². The van der Waals surface area contributed by atoms with Crippen molar-refractivity contribution in [2.24, 2.45) is 0 Å². The Hall–Kier alpha value is -7.12. The van der Waals surface area contributed by atoms with Crippen LogP contribution >= 0.6 is 0 Å². The quantitative estimate of drug-likeness (QED) is 0.138. The topological polar surface area (TPSA) is 100 Å². The predicted molar refractivity (Wildman–Crippen MR) is 221 cm³/mol. The molecule has 3 aromatic heterocycles. The molecule has 7 heteroatoms. The Morgan fingerprint density at radius 3 is 0.926 bits per heavy atom. The number of hydrogen-bond acceptors (Lipinski definition) is 4.